The van der Waals surface area contributed by atoms with Gasteiger partial charge in [0, 0.05) is 34.5 Å². The number of rotatable bonds is 9. The van der Waals surface area contributed by atoms with Gasteiger partial charge < -0.3 is 10.1 Å². The van der Waals surface area contributed by atoms with Gasteiger partial charge in [0.25, 0.3) is 0 Å². The number of hydrogen-bond donors (Lipinski definition) is 1. The van der Waals surface area contributed by atoms with Crippen LogP contribution in [-0.4, -0.2) is 33.1 Å². The second kappa shape index (κ2) is 11.6. The molecule has 4 aromatic rings. The molecule has 37 heavy (non-hydrogen) atoms. The van der Waals surface area contributed by atoms with Gasteiger partial charge in [-0.25, -0.2) is 9.50 Å². The molecular formula is C29H31ClN4O3. The van der Waals surface area contributed by atoms with Gasteiger partial charge in [-0.1, -0.05) is 53.6 Å². The molecule has 8 heteroatoms. The molecule has 1 amide bonds. The van der Waals surface area contributed by atoms with E-state index in [9.17, 15) is 9.59 Å². The highest BCUT2D eigenvalue weighted by Crippen LogP contribution is 2.24. The summed E-state index contributed by atoms with van der Waals surface area (Å²) in [5, 5.41) is 8.44. The van der Waals surface area contributed by atoms with Gasteiger partial charge in [0.05, 0.1) is 24.8 Å². The quantitative estimate of drug-likeness (QED) is 0.286. The molecule has 7 nitrogen and oxygen atoms in total. The van der Waals surface area contributed by atoms with Crippen LogP contribution in [0.1, 0.15) is 53.9 Å². The predicted octanol–water partition coefficient (Wildman–Crippen LogP) is 5.72. The van der Waals surface area contributed by atoms with E-state index in [4.69, 9.17) is 26.4 Å². The summed E-state index contributed by atoms with van der Waals surface area (Å²) in [5.74, 6) is -0.485. The zero-order valence-corrected chi connectivity index (χ0v) is 22.3. The Bertz CT molecular complexity index is 1410. The molecule has 0 saturated carbocycles. The number of carbonyl (C=O) groups is 2. The summed E-state index contributed by atoms with van der Waals surface area (Å²) in [6.07, 6.45) is 0.836. The van der Waals surface area contributed by atoms with E-state index in [0.29, 0.717) is 18.1 Å². The standard InChI is InChI=1S/C29H31ClN4O3/c1-5-37-29(36)17-25(21-8-6-18(2)7-9-21)32-28(35)15-14-24-19(3)31-27-16-26(33-34(27)20(24)4)22-10-12-23(30)13-11-22/h6-13,16,25H,5,14-15,17H2,1-4H3,(H,32,35)/t25-/m0/s1. The van der Waals surface area contributed by atoms with Gasteiger partial charge in [0.2, 0.25) is 5.91 Å². The lowest BCUT2D eigenvalue weighted by Gasteiger charge is -2.19. The van der Waals surface area contributed by atoms with E-state index < -0.39 is 6.04 Å². The van der Waals surface area contributed by atoms with E-state index in [0.717, 1.165) is 45.0 Å². The smallest absolute Gasteiger partial charge is 0.308 e. The van der Waals surface area contributed by atoms with Crippen LogP contribution in [0.4, 0.5) is 0 Å². The van der Waals surface area contributed by atoms with Gasteiger partial charge in [-0.3, -0.25) is 9.59 Å². The number of nitrogens with zero attached hydrogens (tertiary/aromatic N) is 3. The number of amides is 1. The van der Waals surface area contributed by atoms with Crippen molar-refractivity contribution in [2.24, 2.45) is 0 Å². The van der Waals surface area contributed by atoms with Crippen LogP contribution in [0.5, 0.6) is 0 Å². The van der Waals surface area contributed by atoms with Crippen molar-refractivity contribution in [3.05, 3.63) is 87.7 Å². The summed E-state index contributed by atoms with van der Waals surface area (Å²) in [4.78, 5) is 29.9. The van der Waals surface area contributed by atoms with Crippen molar-refractivity contribution < 1.29 is 14.3 Å². The Kier molecular flexibility index (Phi) is 8.24. The Hall–Kier alpha value is -3.71. The SMILES string of the molecule is CCOC(=O)C[C@H](NC(=O)CCc1c(C)nc2cc(-c3ccc(Cl)cc3)nn2c1C)c1ccc(C)cc1. The molecule has 2 aromatic heterocycles. The highest BCUT2D eigenvalue weighted by molar-refractivity contribution is 6.30. The molecule has 0 aliphatic carbocycles. The average molecular weight is 519 g/mol. The van der Waals surface area contributed by atoms with Crippen LogP contribution in [0, 0.1) is 20.8 Å². The second-order valence-electron chi connectivity index (χ2n) is 9.11. The first-order valence-corrected chi connectivity index (χ1v) is 12.8. The summed E-state index contributed by atoms with van der Waals surface area (Å²) in [7, 11) is 0. The maximum Gasteiger partial charge on any atom is 0.308 e. The fourth-order valence-corrected chi connectivity index (χ4v) is 4.52. The molecule has 0 fully saturated rings. The number of aromatic nitrogens is 3. The Morgan fingerprint density at radius 3 is 2.43 bits per heavy atom. The molecule has 0 aliphatic rings. The van der Waals surface area contributed by atoms with Gasteiger partial charge in [-0.15, -0.1) is 0 Å². The lowest BCUT2D eigenvalue weighted by atomic mass is 10.0. The number of carbonyl (C=O) groups excluding carboxylic acids is 2. The van der Waals surface area contributed by atoms with Crippen molar-refractivity contribution in [2.45, 2.75) is 53.0 Å². The highest BCUT2D eigenvalue weighted by Gasteiger charge is 2.20. The van der Waals surface area contributed by atoms with E-state index in [1.807, 2.05) is 79.9 Å². The predicted molar refractivity (Wildman–Crippen MR) is 145 cm³/mol. The van der Waals surface area contributed by atoms with Crippen molar-refractivity contribution in [3.63, 3.8) is 0 Å². The van der Waals surface area contributed by atoms with Crippen LogP contribution >= 0.6 is 11.6 Å². The summed E-state index contributed by atoms with van der Waals surface area (Å²) in [6.45, 7) is 8.00. The van der Waals surface area contributed by atoms with Crippen LogP contribution in [0.25, 0.3) is 16.9 Å². The third-order valence-corrected chi connectivity index (χ3v) is 6.65. The van der Waals surface area contributed by atoms with Gasteiger partial charge in [0.1, 0.15) is 0 Å². The number of ether oxygens (including phenoxy) is 1. The van der Waals surface area contributed by atoms with E-state index >= 15 is 0 Å². The molecule has 1 N–H and O–H groups in total. The molecule has 0 saturated heterocycles. The first-order chi connectivity index (χ1) is 17.7. The number of halogens is 1. The first kappa shape index (κ1) is 26.4. The number of hydrogen-bond acceptors (Lipinski definition) is 5. The molecule has 0 spiro atoms. The summed E-state index contributed by atoms with van der Waals surface area (Å²) < 4.78 is 6.95. The fraction of sp³-hybridized carbons (Fsp3) is 0.310. The third-order valence-electron chi connectivity index (χ3n) is 6.40. The Labute approximate surface area is 221 Å². The lowest BCUT2D eigenvalue weighted by Crippen LogP contribution is -2.31. The van der Waals surface area contributed by atoms with Crippen molar-refractivity contribution in [1.82, 2.24) is 19.9 Å². The summed E-state index contributed by atoms with van der Waals surface area (Å²) in [6, 6.07) is 16.8. The Balaban J connectivity index is 1.50. The minimum absolute atomic E-state index is 0.0783. The molecule has 0 aliphatic heterocycles. The fourth-order valence-electron chi connectivity index (χ4n) is 4.39. The van der Waals surface area contributed by atoms with Crippen LogP contribution in [0.3, 0.4) is 0 Å². The maximum absolute atomic E-state index is 13.0. The van der Waals surface area contributed by atoms with Gasteiger partial charge in [0.15, 0.2) is 5.65 Å². The van der Waals surface area contributed by atoms with Crippen LogP contribution < -0.4 is 5.32 Å². The van der Waals surface area contributed by atoms with Crippen molar-refractivity contribution in [1.29, 1.82) is 0 Å². The van der Waals surface area contributed by atoms with Crippen LogP contribution in [-0.2, 0) is 20.7 Å². The van der Waals surface area contributed by atoms with E-state index in [-0.39, 0.29) is 24.7 Å². The second-order valence-corrected chi connectivity index (χ2v) is 9.54. The topological polar surface area (TPSA) is 85.6 Å². The Morgan fingerprint density at radius 2 is 1.76 bits per heavy atom. The van der Waals surface area contributed by atoms with Gasteiger partial charge >= 0.3 is 5.97 Å². The molecule has 1 atom stereocenters. The minimum Gasteiger partial charge on any atom is -0.466 e. The Morgan fingerprint density at radius 1 is 1.05 bits per heavy atom. The van der Waals surface area contributed by atoms with E-state index in [1.54, 1.807) is 6.92 Å². The monoisotopic (exact) mass is 518 g/mol. The molecule has 4 rings (SSSR count). The third kappa shape index (κ3) is 6.35. The van der Waals surface area contributed by atoms with E-state index in [1.165, 1.54) is 0 Å². The van der Waals surface area contributed by atoms with Crippen LogP contribution in [0.15, 0.2) is 54.6 Å². The zero-order chi connectivity index (χ0) is 26.5. The largest absolute Gasteiger partial charge is 0.466 e. The number of esters is 1. The highest BCUT2D eigenvalue weighted by atomic mass is 35.5. The van der Waals surface area contributed by atoms with Crippen molar-refractivity contribution in [3.8, 4) is 11.3 Å². The van der Waals surface area contributed by atoms with Crippen LogP contribution in [0.2, 0.25) is 5.02 Å². The number of benzene rings is 2. The molecule has 0 bridgehead atoms. The van der Waals surface area contributed by atoms with Gasteiger partial charge in [-0.2, -0.15) is 5.10 Å². The lowest BCUT2D eigenvalue weighted by molar-refractivity contribution is -0.143. The first-order valence-electron chi connectivity index (χ1n) is 12.4. The number of fused-ring (bicyclic) bond motifs is 1. The molecular weight excluding hydrogens is 488 g/mol. The summed E-state index contributed by atoms with van der Waals surface area (Å²) >= 11 is 6.02. The molecule has 0 radical (unpaired) electrons. The molecule has 192 valence electrons. The number of aryl methyl sites for hydroxylation is 3. The normalized spacial score (nSPS) is 11.9. The molecule has 0 unspecified atom stereocenters. The zero-order valence-electron chi connectivity index (χ0n) is 21.5. The van der Waals surface area contributed by atoms with E-state index in [2.05, 4.69) is 5.32 Å². The van der Waals surface area contributed by atoms with Crippen molar-refractivity contribution in [2.75, 3.05) is 6.61 Å². The summed E-state index contributed by atoms with van der Waals surface area (Å²) in [5.41, 5.74) is 7.27. The average Bonchev–Trinajstić information content (AvgIpc) is 3.29. The maximum atomic E-state index is 13.0. The van der Waals surface area contributed by atoms with Crippen molar-refractivity contribution >= 4 is 29.1 Å². The molecule has 2 heterocycles. The minimum atomic E-state index is -0.456. The number of nitrogens with one attached hydrogen (secondary N) is 1. The molecule has 2 aromatic carbocycles. The van der Waals surface area contributed by atoms with Gasteiger partial charge in [-0.05, 0) is 57.4 Å².